The van der Waals surface area contributed by atoms with Crippen molar-refractivity contribution in [3.63, 3.8) is 0 Å². The molecule has 7 nitrogen and oxygen atoms in total. The Bertz CT molecular complexity index is 1110. The number of likely N-dealkylation sites (tertiary alicyclic amines) is 1. The van der Waals surface area contributed by atoms with E-state index in [-0.39, 0.29) is 16.1 Å². The zero-order valence-electron chi connectivity index (χ0n) is 16.6. The maximum absolute atomic E-state index is 12.8. The van der Waals surface area contributed by atoms with Crippen molar-refractivity contribution in [3.8, 4) is 0 Å². The van der Waals surface area contributed by atoms with Crippen LogP contribution >= 0.6 is 11.6 Å². The molecule has 1 saturated heterocycles. The molecule has 1 N–H and O–H groups in total. The molecule has 156 valence electrons. The summed E-state index contributed by atoms with van der Waals surface area (Å²) in [5, 5.41) is 5.41. The van der Waals surface area contributed by atoms with Crippen molar-refractivity contribution in [2.75, 3.05) is 19.6 Å². The molecule has 2 aromatic heterocycles. The molecule has 0 aliphatic carbocycles. The van der Waals surface area contributed by atoms with Gasteiger partial charge in [-0.15, -0.1) is 0 Å². The van der Waals surface area contributed by atoms with E-state index in [0.29, 0.717) is 5.69 Å². The van der Waals surface area contributed by atoms with Crippen LogP contribution < -0.4 is 4.72 Å². The second-order valence-corrected chi connectivity index (χ2v) is 9.58. The van der Waals surface area contributed by atoms with E-state index in [9.17, 15) is 8.42 Å². The van der Waals surface area contributed by atoms with E-state index in [1.807, 2.05) is 24.5 Å². The highest BCUT2D eigenvalue weighted by atomic mass is 35.5. The number of sulfonamides is 1. The lowest BCUT2D eigenvalue weighted by atomic mass is 10.0. The maximum atomic E-state index is 12.8. The maximum Gasteiger partial charge on any atom is 0.245 e. The number of nitrogens with one attached hydrogen (secondary N) is 1. The molecule has 1 aromatic carbocycles. The van der Waals surface area contributed by atoms with E-state index < -0.39 is 10.0 Å². The van der Waals surface area contributed by atoms with Crippen LogP contribution in [-0.2, 0) is 23.5 Å². The number of benzene rings is 1. The first kappa shape index (κ1) is 20.4. The topological polar surface area (TPSA) is 80.4 Å². The molecule has 3 aromatic rings. The molecule has 0 radical (unpaired) electrons. The van der Waals surface area contributed by atoms with Crippen molar-refractivity contribution >= 4 is 32.6 Å². The number of para-hydroxylation sites is 1. The molecule has 3 heterocycles. The Morgan fingerprint density at radius 3 is 2.69 bits per heavy atom. The molecular weight excluding hydrogens is 412 g/mol. The summed E-state index contributed by atoms with van der Waals surface area (Å²) in [7, 11) is -2.05. The first-order chi connectivity index (χ1) is 13.8. The normalized spacial score (nSPS) is 16.7. The van der Waals surface area contributed by atoms with Crippen LogP contribution in [0.25, 0.3) is 11.0 Å². The van der Waals surface area contributed by atoms with Gasteiger partial charge in [-0.1, -0.05) is 29.8 Å². The van der Waals surface area contributed by atoms with Gasteiger partial charge in [-0.3, -0.25) is 4.68 Å². The van der Waals surface area contributed by atoms with Gasteiger partial charge in [-0.2, -0.15) is 5.10 Å². The van der Waals surface area contributed by atoms with Gasteiger partial charge < -0.3 is 9.32 Å². The van der Waals surface area contributed by atoms with Crippen LogP contribution in [0, 0.1) is 6.92 Å². The van der Waals surface area contributed by atoms with Gasteiger partial charge >= 0.3 is 0 Å². The van der Waals surface area contributed by atoms with Crippen LogP contribution in [0.5, 0.6) is 0 Å². The number of fused-ring (bicyclic) bond motifs is 1. The number of halogens is 1. The van der Waals surface area contributed by atoms with Gasteiger partial charge in [0, 0.05) is 25.0 Å². The van der Waals surface area contributed by atoms with Crippen molar-refractivity contribution in [2.45, 2.75) is 37.1 Å². The van der Waals surface area contributed by atoms with Crippen LogP contribution in [0.4, 0.5) is 0 Å². The SMILES string of the molecule is Cc1nn(C)c(Cl)c1S(=O)(=O)NC1CCN(CCc2coc3ccccc23)CC1. The Balaban J connectivity index is 1.32. The first-order valence-electron chi connectivity index (χ1n) is 9.74. The predicted molar refractivity (Wildman–Crippen MR) is 113 cm³/mol. The minimum atomic E-state index is -3.69. The zero-order valence-corrected chi connectivity index (χ0v) is 18.1. The molecule has 4 rings (SSSR count). The van der Waals surface area contributed by atoms with Gasteiger partial charge in [-0.25, -0.2) is 13.1 Å². The van der Waals surface area contributed by atoms with Gasteiger partial charge in [0.2, 0.25) is 10.0 Å². The number of rotatable bonds is 6. The summed E-state index contributed by atoms with van der Waals surface area (Å²) in [5.41, 5.74) is 2.54. The van der Waals surface area contributed by atoms with E-state index in [1.165, 1.54) is 15.6 Å². The third-order valence-corrected chi connectivity index (χ3v) is 7.75. The first-order valence-corrected chi connectivity index (χ1v) is 11.6. The van der Waals surface area contributed by atoms with Crippen LogP contribution in [-0.4, -0.2) is 48.8 Å². The lowest BCUT2D eigenvalue weighted by molar-refractivity contribution is 0.209. The second-order valence-electron chi connectivity index (χ2n) is 7.57. The molecule has 1 fully saturated rings. The van der Waals surface area contributed by atoms with E-state index in [4.69, 9.17) is 16.0 Å². The molecule has 1 aliphatic heterocycles. The van der Waals surface area contributed by atoms with Crippen molar-refractivity contribution in [3.05, 3.63) is 46.9 Å². The Morgan fingerprint density at radius 1 is 1.28 bits per heavy atom. The highest BCUT2D eigenvalue weighted by Gasteiger charge is 2.29. The average Bonchev–Trinajstić information content (AvgIpc) is 3.21. The third kappa shape index (κ3) is 4.21. The summed E-state index contributed by atoms with van der Waals surface area (Å²) >= 11 is 6.14. The number of furan rings is 1. The molecular formula is C20H25ClN4O3S. The van der Waals surface area contributed by atoms with Gasteiger partial charge in [0.05, 0.1) is 12.0 Å². The lowest BCUT2D eigenvalue weighted by Gasteiger charge is -2.32. The molecule has 1 aliphatic rings. The fraction of sp³-hybridized carbons (Fsp3) is 0.450. The number of hydrogen-bond donors (Lipinski definition) is 1. The summed E-state index contributed by atoms with van der Waals surface area (Å²) in [4.78, 5) is 2.45. The van der Waals surface area contributed by atoms with Crippen molar-refractivity contribution in [1.29, 1.82) is 0 Å². The highest BCUT2D eigenvalue weighted by Crippen LogP contribution is 2.25. The van der Waals surface area contributed by atoms with Crippen LogP contribution in [0.2, 0.25) is 5.15 Å². The van der Waals surface area contributed by atoms with E-state index >= 15 is 0 Å². The summed E-state index contributed by atoms with van der Waals surface area (Å²) in [6.45, 7) is 4.28. The molecule has 9 heteroatoms. The monoisotopic (exact) mass is 436 g/mol. The predicted octanol–water partition coefficient (Wildman–Crippen LogP) is 3.11. The Hall–Kier alpha value is -1.87. The smallest absolute Gasteiger partial charge is 0.245 e. The molecule has 0 unspecified atom stereocenters. The second kappa shape index (κ2) is 8.10. The van der Waals surface area contributed by atoms with E-state index in [1.54, 1.807) is 14.0 Å². The number of hydrogen-bond acceptors (Lipinski definition) is 5. The third-order valence-electron chi connectivity index (χ3n) is 5.54. The van der Waals surface area contributed by atoms with Crippen molar-refractivity contribution in [2.24, 2.45) is 7.05 Å². The molecule has 0 saturated carbocycles. The van der Waals surface area contributed by atoms with Gasteiger partial charge in [-0.05, 0) is 50.9 Å². The quantitative estimate of drug-likeness (QED) is 0.642. The van der Waals surface area contributed by atoms with E-state index in [2.05, 4.69) is 20.8 Å². The van der Waals surface area contributed by atoms with Crippen LogP contribution in [0.1, 0.15) is 24.1 Å². The van der Waals surface area contributed by atoms with Crippen molar-refractivity contribution < 1.29 is 12.8 Å². The summed E-state index contributed by atoms with van der Waals surface area (Å²) in [5.74, 6) is 0. The Kier molecular flexibility index (Phi) is 5.70. The number of aromatic nitrogens is 2. The summed E-state index contributed by atoms with van der Waals surface area (Å²) in [6, 6.07) is 7.96. The fourth-order valence-corrected chi connectivity index (χ4v) is 6.03. The number of aryl methyl sites for hydroxylation is 2. The molecule has 0 bridgehead atoms. The van der Waals surface area contributed by atoms with Gasteiger partial charge in [0.15, 0.2) is 0 Å². The Labute approximate surface area is 175 Å². The molecule has 0 amide bonds. The molecule has 29 heavy (non-hydrogen) atoms. The number of piperidine rings is 1. The molecule has 0 atom stereocenters. The fourth-order valence-electron chi connectivity index (χ4n) is 3.97. The van der Waals surface area contributed by atoms with E-state index in [0.717, 1.165) is 44.5 Å². The lowest BCUT2D eigenvalue weighted by Crippen LogP contribution is -2.45. The Morgan fingerprint density at radius 2 is 2.00 bits per heavy atom. The summed E-state index contributed by atoms with van der Waals surface area (Å²) < 4.78 is 35.3. The van der Waals surface area contributed by atoms with Crippen molar-refractivity contribution in [1.82, 2.24) is 19.4 Å². The van der Waals surface area contributed by atoms with Gasteiger partial charge in [0.1, 0.15) is 15.6 Å². The average molecular weight is 437 g/mol. The number of nitrogens with zero attached hydrogens (tertiary/aromatic N) is 3. The van der Waals surface area contributed by atoms with Crippen LogP contribution in [0.15, 0.2) is 39.8 Å². The zero-order chi connectivity index (χ0) is 20.6. The highest BCUT2D eigenvalue weighted by molar-refractivity contribution is 7.89. The van der Waals surface area contributed by atoms with Crippen LogP contribution in [0.3, 0.4) is 0 Å². The largest absolute Gasteiger partial charge is 0.464 e. The van der Waals surface area contributed by atoms with Gasteiger partial charge in [0.25, 0.3) is 0 Å². The molecule has 0 spiro atoms. The minimum absolute atomic E-state index is 0.0796. The summed E-state index contributed by atoms with van der Waals surface area (Å²) in [6.07, 6.45) is 4.29. The standard InChI is InChI=1S/C20H25ClN4O3S/c1-14-19(20(21)24(2)22-14)29(26,27)23-16-8-11-25(12-9-16)10-7-15-13-28-18-6-4-3-5-17(15)18/h3-6,13,16,23H,7-12H2,1-2H3. The minimum Gasteiger partial charge on any atom is -0.464 e.